The van der Waals surface area contributed by atoms with Crippen LogP contribution in [0.25, 0.3) is 0 Å². The van der Waals surface area contributed by atoms with E-state index in [-0.39, 0.29) is 13.2 Å². The maximum Gasteiger partial charge on any atom is 0.0558 e. The van der Waals surface area contributed by atoms with Gasteiger partial charge in [0.15, 0.2) is 0 Å². The molecule has 5 nitrogen and oxygen atoms in total. The summed E-state index contributed by atoms with van der Waals surface area (Å²) in [6.07, 6.45) is 4.95. The Bertz CT molecular complexity index is 256. The maximum atomic E-state index is 9.14. The SMILES string of the molecule is CN1CCC(N2CCC(N(CCO)CCO)CC2)CC1. The van der Waals surface area contributed by atoms with Gasteiger partial charge >= 0.3 is 0 Å². The highest BCUT2D eigenvalue weighted by atomic mass is 16.3. The van der Waals surface area contributed by atoms with Crippen LogP contribution in [0.2, 0.25) is 0 Å². The van der Waals surface area contributed by atoms with E-state index in [4.69, 9.17) is 10.2 Å². The number of hydrogen-bond acceptors (Lipinski definition) is 5. The molecule has 0 aromatic heterocycles. The second-order valence-corrected chi connectivity index (χ2v) is 6.28. The minimum atomic E-state index is 0.190. The fourth-order valence-corrected chi connectivity index (χ4v) is 3.71. The zero-order valence-corrected chi connectivity index (χ0v) is 12.9. The zero-order valence-electron chi connectivity index (χ0n) is 12.9. The highest BCUT2D eigenvalue weighted by Crippen LogP contribution is 2.22. The van der Waals surface area contributed by atoms with E-state index in [2.05, 4.69) is 21.7 Å². The molecule has 2 heterocycles. The lowest BCUT2D eigenvalue weighted by Crippen LogP contribution is -2.51. The molecule has 0 spiro atoms. The fraction of sp³-hybridized carbons (Fsp3) is 1.00. The van der Waals surface area contributed by atoms with Crippen LogP contribution in [0.1, 0.15) is 25.7 Å². The number of hydrogen-bond donors (Lipinski definition) is 2. The van der Waals surface area contributed by atoms with Crippen molar-refractivity contribution in [1.29, 1.82) is 0 Å². The molecule has 0 aliphatic carbocycles. The number of likely N-dealkylation sites (tertiary alicyclic amines) is 2. The van der Waals surface area contributed by atoms with E-state index in [0.29, 0.717) is 19.1 Å². The summed E-state index contributed by atoms with van der Waals surface area (Å²) in [6, 6.07) is 1.31. The predicted octanol–water partition coefficient (Wildman–Crippen LogP) is -0.168. The lowest BCUT2D eigenvalue weighted by Gasteiger charge is -2.43. The summed E-state index contributed by atoms with van der Waals surface area (Å²) in [5.41, 5.74) is 0. The van der Waals surface area contributed by atoms with Gasteiger partial charge in [-0.3, -0.25) is 4.90 Å². The number of nitrogens with zero attached hydrogens (tertiary/aromatic N) is 3. The molecule has 20 heavy (non-hydrogen) atoms. The van der Waals surface area contributed by atoms with E-state index in [0.717, 1.165) is 6.04 Å². The van der Waals surface area contributed by atoms with Gasteiger partial charge in [0.05, 0.1) is 13.2 Å². The van der Waals surface area contributed by atoms with Crippen molar-refractivity contribution in [3.8, 4) is 0 Å². The molecule has 2 fully saturated rings. The van der Waals surface area contributed by atoms with Crippen molar-refractivity contribution >= 4 is 0 Å². The highest BCUT2D eigenvalue weighted by molar-refractivity contribution is 4.85. The van der Waals surface area contributed by atoms with Gasteiger partial charge in [-0.1, -0.05) is 0 Å². The Balaban J connectivity index is 1.76. The molecule has 0 aromatic rings. The molecule has 2 aliphatic heterocycles. The summed E-state index contributed by atoms with van der Waals surface area (Å²) in [4.78, 5) is 7.35. The van der Waals surface area contributed by atoms with Crippen LogP contribution >= 0.6 is 0 Å². The Hall–Kier alpha value is -0.200. The monoisotopic (exact) mass is 285 g/mol. The van der Waals surface area contributed by atoms with Crippen molar-refractivity contribution in [1.82, 2.24) is 14.7 Å². The van der Waals surface area contributed by atoms with Gasteiger partial charge in [0.2, 0.25) is 0 Å². The van der Waals surface area contributed by atoms with E-state index in [1.54, 1.807) is 0 Å². The number of aliphatic hydroxyl groups excluding tert-OH is 2. The van der Waals surface area contributed by atoms with Gasteiger partial charge in [0, 0.05) is 25.2 Å². The van der Waals surface area contributed by atoms with Crippen LogP contribution in [0.4, 0.5) is 0 Å². The molecule has 2 N–H and O–H groups in total. The third-order valence-corrected chi connectivity index (χ3v) is 4.99. The van der Waals surface area contributed by atoms with E-state index < -0.39 is 0 Å². The average Bonchev–Trinajstić information content (AvgIpc) is 2.48. The average molecular weight is 285 g/mol. The maximum absolute atomic E-state index is 9.14. The van der Waals surface area contributed by atoms with Crippen molar-refractivity contribution in [2.45, 2.75) is 37.8 Å². The van der Waals surface area contributed by atoms with Gasteiger partial charge in [-0.05, 0) is 58.9 Å². The first-order chi connectivity index (χ1) is 9.74. The molecular weight excluding hydrogens is 254 g/mol. The number of piperidine rings is 2. The Kier molecular flexibility index (Phi) is 6.71. The molecule has 2 aliphatic rings. The van der Waals surface area contributed by atoms with Crippen molar-refractivity contribution < 1.29 is 10.2 Å². The molecular formula is C15H31N3O2. The normalized spacial score (nSPS) is 24.6. The Labute approximate surface area is 123 Å². The third kappa shape index (κ3) is 4.40. The second kappa shape index (κ2) is 8.29. The first-order valence-corrected chi connectivity index (χ1v) is 8.13. The lowest BCUT2D eigenvalue weighted by atomic mass is 9.97. The number of rotatable bonds is 6. The molecule has 0 amide bonds. The van der Waals surface area contributed by atoms with Crippen LogP contribution in [0.5, 0.6) is 0 Å². The zero-order chi connectivity index (χ0) is 14.4. The Morgan fingerprint density at radius 1 is 0.900 bits per heavy atom. The van der Waals surface area contributed by atoms with E-state index in [1.165, 1.54) is 51.9 Å². The summed E-state index contributed by atoms with van der Waals surface area (Å²) in [5.74, 6) is 0. The molecule has 118 valence electrons. The summed E-state index contributed by atoms with van der Waals surface area (Å²) in [7, 11) is 2.21. The quantitative estimate of drug-likeness (QED) is 0.710. The molecule has 2 saturated heterocycles. The number of aliphatic hydroxyl groups is 2. The summed E-state index contributed by atoms with van der Waals surface area (Å²) >= 11 is 0. The van der Waals surface area contributed by atoms with Gasteiger partial charge in [-0.2, -0.15) is 0 Å². The Morgan fingerprint density at radius 3 is 1.95 bits per heavy atom. The van der Waals surface area contributed by atoms with Gasteiger partial charge in [0.1, 0.15) is 0 Å². The molecule has 0 unspecified atom stereocenters. The first kappa shape index (κ1) is 16.2. The van der Waals surface area contributed by atoms with Gasteiger partial charge < -0.3 is 20.0 Å². The van der Waals surface area contributed by atoms with Gasteiger partial charge in [-0.25, -0.2) is 0 Å². The van der Waals surface area contributed by atoms with Crippen molar-refractivity contribution in [2.75, 3.05) is 59.5 Å². The minimum absolute atomic E-state index is 0.190. The first-order valence-electron chi connectivity index (χ1n) is 8.13. The summed E-state index contributed by atoms with van der Waals surface area (Å²) in [5, 5.41) is 18.3. The molecule has 2 rings (SSSR count). The van der Waals surface area contributed by atoms with Crippen molar-refractivity contribution in [2.24, 2.45) is 0 Å². The highest BCUT2D eigenvalue weighted by Gasteiger charge is 2.29. The predicted molar refractivity (Wildman–Crippen MR) is 80.9 cm³/mol. The van der Waals surface area contributed by atoms with Crippen LogP contribution in [0.3, 0.4) is 0 Å². The van der Waals surface area contributed by atoms with Crippen LogP contribution in [0, 0.1) is 0 Å². The Morgan fingerprint density at radius 2 is 1.45 bits per heavy atom. The van der Waals surface area contributed by atoms with Gasteiger partial charge in [-0.15, -0.1) is 0 Å². The lowest BCUT2D eigenvalue weighted by molar-refractivity contribution is 0.0455. The van der Waals surface area contributed by atoms with E-state index in [1.807, 2.05) is 0 Å². The topological polar surface area (TPSA) is 50.2 Å². The van der Waals surface area contributed by atoms with Crippen LogP contribution < -0.4 is 0 Å². The molecule has 0 atom stereocenters. The summed E-state index contributed by atoms with van der Waals surface area (Å²) in [6.45, 7) is 6.57. The van der Waals surface area contributed by atoms with Crippen LogP contribution in [0.15, 0.2) is 0 Å². The molecule has 0 aromatic carbocycles. The van der Waals surface area contributed by atoms with E-state index >= 15 is 0 Å². The van der Waals surface area contributed by atoms with Gasteiger partial charge in [0.25, 0.3) is 0 Å². The van der Waals surface area contributed by atoms with Crippen LogP contribution in [-0.2, 0) is 0 Å². The van der Waals surface area contributed by atoms with E-state index in [9.17, 15) is 0 Å². The van der Waals surface area contributed by atoms with Crippen molar-refractivity contribution in [3.05, 3.63) is 0 Å². The second-order valence-electron chi connectivity index (χ2n) is 6.28. The molecule has 0 saturated carbocycles. The standard InChI is InChI=1S/C15H31N3O2/c1-16-6-2-14(3-7-16)17-8-4-15(5-9-17)18(10-12-19)11-13-20/h14-15,19-20H,2-13H2,1H3. The largest absolute Gasteiger partial charge is 0.395 e. The summed E-state index contributed by atoms with van der Waals surface area (Å²) < 4.78 is 0. The van der Waals surface area contributed by atoms with Crippen molar-refractivity contribution in [3.63, 3.8) is 0 Å². The van der Waals surface area contributed by atoms with Crippen LogP contribution in [-0.4, -0.2) is 96.5 Å². The smallest absolute Gasteiger partial charge is 0.0558 e. The minimum Gasteiger partial charge on any atom is -0.395 e. The molecule has 0 bridgehead atoms. The third-order valence-electron chi connectivity index (χ3n) is 4.99. The molecule has 5 heteroatoms. The molecule has 0 radical (unpaired) electrons. The fourth-order valence-electron chi connectivity index (χ4n) is 3.71.